The quantitative estimate of drug-likeness (QED) is 0.202. The van der Waals surface area contributed by atoms with Crippen molar-refractivity contribution in [3.8, 4) is 0 Å². The van der Waals surface area contributed by atoms with E-state index in [2.05, 4.69) is 25.9 Å². The third-order valence-corrected chi connectivity index (χ3v) is 3.42. The van der Waals surface area contributed by atoms with E-state index in [0.717, 1.165) is 6.54 Å². The number of aromatic amines is 2. The van der Waals surface area contributed by atoms with Crippen LogP contribution in [0.4, 0.5) is 11.5 Å². The summed E-state index contributed by atoms with van der Waals surface area (Å²) in [5.41, 5.74) is -1.25. The number of aliphatic hydroxyl groups is 4. The Hall–Kier alpha value is -1.92. The summed E-state index contributed by atoms with van der Waals surface area (Å²) in [7, 11) is 0. The maximum absolute atomic E-state index is 11.8. The van der Waals surface area contributed by atoms with Gasteiger partial charge in [0.2, 0.25) is 0 Å². The van der Waals surface area contributed by atoms with Crippen LogP contribution in [0.3, 0.4) is 0 Å². The predicted octanol–water partition coefficient (Wildman–Crippen LogP) is -4.07. The van der Waals surface area contributed by atoms with Crippen LogP contribution in [-0.2, 0) is 0 Å². The van der Waals surface area contributed by atoms with Gasteiger partial charge in [0.1, 0.15) is 23.7 Å². The molecule has 1 aromatic rings. The molecule has 1 aliphatic rings. The normalized spacial score (nSPS) is 20.6. The van der Waals surface area contributed by atoms with Crippen molar-refractivity contribution in [2.75, 3.05) is 36.9 Å². The number of aromatic nitrogens is 2. The van der Waals surface area contributed by atoms with Gasteiger partial charge in [0, 0.05) is 25.7 Å². The lowest BCUT2D eigenvalue weighted by Gasteiger charge is -2.22. The Labute approximate surface area is 130 Å². The molecule has 130 valence electrons. The summed E-state index contributed by atoms with van der Waals surface area (Å²) in [6, 6.07) is 0.251. The molecule has 1 aromatic heterocycles. The number of hydrogen-bond acceptors (Lipinski definition) is 9. The molecule has 1 aliphatic heterocycles. The van der Waals surface area contributed by atoms with Crippen molar-refractivity contribution in [3.63, 3.8) is 0 Å². The van der Waals surface area contributed by atoms with E-state index in [1.807, 2.05) is 0 Å². The Morgan fingerprint density at radius 3 is 2.43 bits per heavy atom. The molecule has 0 bridgehead atoms. The number of rotatable bonds is 9. The van der Waals surface area contributed by atoms with E-state index in [1.165, 1.54) is 0 Å². The van der Waals surface area contributed by atoms with Gasteiger partial charge in [0.05, 0.1) is 12.7 Å². The summed E-state index contributed by atoms with van der Waals surface area (Å²) in [5, 5.41) is 45.9. The molecule has 0 radical (unpaired) electrons. The van der Waals surface area contributed by atoms with Crippen LogP contribution in [0.1, 0.15) is 0 Å². The van der Waals surface area contributed by atoms with Crippen molar-refractivity contribution in [2.45, 2.75) is 24.4 Å². The van der Waals surface area contributed by atoms with Crippen LogP contribution in [0, 0.1) is 0 Å². The van der Waals surface area contributed by atoms with Gasteiger partial charge in [-0.3, -0.25) is 14.8 Å². The number of nitrogens with one attached hydrogen (secondary N) is 5. The zero-order valence-electron chi connectivity index (χ0n) is 12.2. The van der Waals surface area contributed by atoms with Gasteiger partial charge >= 0.3 is 5.69 Å². The average molecular weight is 331 g/mol. The van der Waals surface area contributed by atoms with Crippen molar-refractivity contribution in [2.24, 2.45) is 0 Å². The Kier molecular flexibility index (Phi) is 5.74. The van der Waals surface area contributed by atoms with Crippen LogP contribution in [-0.4, -0.2) is 81.0 Å². The molecule has 0 amide bonds. The van der Waals surface area contributed by atoms with E-state index in [1.54, 1.807) is 0 Å². The largest absolute Gasteiger partial charge is 0.394 e. The van der Waals surface area contributed by atoms with E-state index in [9.17, 15) is 24.9 Å². The van der Waals surface area contributed by atoms with E-state index >= 15 is 0 Å². The molecule has 11 nitrogen and oxygen atoms in total. The van der Waals surface area contributed by atoms with Crippen molar-refractivity contribution in [1.82, 2.24) is 15.3 Å². The molecular weight excluding hydrogens is 310 g/mol. The van der Waals surface area contributed by atoms with Gasteiger partial charge in [0.25, 0.3) is 5.56 Å². The minimum Gasteiger partial charge on any atom is -0.394 e. The zero-order chi connectivity index (χ0) is 17.0. The lowest BCUT2D eigenvalue weighted by Crippen LogP contribution is -2.43. The van der Waals surface area contributed by atoms with Crippen LogP contribution < -0.4 is 27.2 Å². The first-order chi connectivity index (χ1) is 10.9. The highest BCUT2D eigenvalue weighted by molar-refractivity contribution is 5.62. The van der Waals surface area contributed by atoms with Crippen molar-refractivity contribution in [3.05, 3.63) is 20.8 Å². The van der Waals surface area contributed by atoms with Gasteiger partial charge in [-0.1, -0.05) is 0 Å². The minimum atomic E-state index is -1.58. The number of aliphatic hydroxyl groups excluding tert-OH is 4. The average Bonchev–Trinajstić information content (AvgIpc) is 3.34. The molecular formula is C12H21N5O6. The molecule has 0 spiro atoms. The van der Waals surface area contributed by atoms with Gasteiger partial charge in [-0.05, 0) is 0 Å². The highest BCUT2D eigenvalue weighted by atomic mass is 16.4. The Balaban J connectivity index is 2.05. The summed E-state index contributed by atoms with van der Waals surface area (Å²) >= 11 is 0. The molecule has 2 heterocycles. The Morgan fingerprint density at radius 2 is 1.83 bits per heavy atom. The highest BCUT2D eigenvalue weighted by Crippen LogP contribution is 2.13. The van der Waals surface area contributed by atoms with Gasteiger partial charge in [0.15, 0.2) is 0 Å². The maximum atomic E-state index is 11.8. The summed E-state index contributed by atoms with van der Waals surface area (Å²) in [4.78, 5) is 27.7. The topological polar surface area (TPSA) is 193 Å². The molecule has 2 rings (SSSR count). The van der Waals surface area contributed by atoms with Crippen molar-refractivity contribution >= 4 is 11.5 Å². The van der Waals surface area contributed by atoms with Crippen molar-refractivity contribution in [1.29, 1.82) is 0 Å². The number of anilines is 2. The van der Waals surface area contributed by atoms with Crippen LogP contribution in [0.15, 0.2) is 9.59 Å². The van der Waals surface area contributed by atoms with Gasteiger partial charge < -0.3 is 36.4 Å². The van der Waals surface area contributed by atoms with Gasteiger partial charge in [-0.25, -0.2) is 4.79 Å². The predicted molar refractivity (Wildman–Crippen MR) is 81.6 cm³/mol. The summed E-state index contributed by atoms with van der Waals surface area (Å²) in [5.74, 6) is 0.0594. The van der Waals surface area contributed by atoms with E-state index in [0.29, 0.717) is 6.54 Å². The monoisotopic (exact) mass is 331 g/mol. The number of H-pyrrole nitrogens is 2. The first-order valence-corrected chi connectivity index (χ1v) is 7.15. The fourth-order valence-corrected chi connectivity index (χ4v) is 1.93. The van der Waals surface area contributed by atoms with Gasteiger partial charge in [-0.15, -0.1) is 0 Å². The molecule has 1 saturated heterocycles. The van der Waals surface area contributed by atoms with Crippen LogP contribution >= 0.6 is 0 Å². The second-order valence-corrected chi connectivity index (χ2v) is 5.33. The summed E-state index contributed by atoms with van der Waals surface area (Å²) in [6.07, 6.45) is -4.49. The van der Waals surface area contributed by atoms with E-state index in [-0.39, 0.29) is 24.1 Å². The third kappa shape index (κ3) is 4.77. The van der Waals surface area contributed by atoms with E-state index in [4.69, 9.17) is 5.11 Å². The van der Waals surface area contributed by atoms with Gasteiger partial charge in [-0.2, -0.15) is 0 Å². The van der Waals surface area contributed by atoms with E-state index < -0.39 is 36.2 Å². The molecule has 0 aromatic carbocycles. The number of hydrogen-bond donors (Lipinski definition) is 9. The SMILES string of the molecule is O=c1[nH]c(NC[C@@H](O)[C@@H](O)[C@@H](O)CO)c(NC[C@@H]2CN2)c(=O)[nH]1. The summed E-state index contributed by atoms with van der Waals surface area (Å²) < 4.78 is 0. The fraction of sp³-hybridized carbons (Fsp3) is 0.667. The minimum absolute atomic E-state index is 0.0594. The third-order valence-electron chi connectivity index (χ3n) is 3.42. The molecule has 4 atom stereocenters. The summed E-state index contributed by atoms with van der Waals surface area (Å²) in [6.45, 7) is 0.356. The molecule has 9 N–H and O–H groups in total. The molecule has 11 heteroatoms. The fourth-order valence-electron chi connectivity index (χ4n) is 1.93. The smallest absolute Gasteiger partial charge is 0.327 e. The first-order valence-electron chi connectivity index (χ1n) is 7.15. The molecule has 0 unspecified atom stereocenters. The van der Waals surface area contributed by atoms with Crippen molar-refractivity contribution < 1.29 is 20.4 Å². The second-order valence-electron chi connectivity index (χ2n) is 5.33. The standard InChI is InChI=1S/C12H21N5O6/c18-4-7(20)9(21)6(19)3-15-10-8(14-2-5-1-13-5)11(22)17-12(23)16-10/h5-7,9,13-14,18-21H,1-4H2,(H3,15,16,17,22,23)/t5-,6+,7-,9+/m0/s1. The van der Waals surface area contributed by atoms with Crippen LogP contribution in [0.25, 0.3) is 0 Å². The Morgan fingerprint density at radius 1 is 1.13 bits per heavy atom. The lowest BCUT2D eigenvalue weighted by atomic mass is 10.1. The second kappa shape index (κ2) is 7.57. The molecule has 1 fully saturated rings. The Bertz CT molecular complexity index is 627. The highest BCUT2D eigenvalue weighted by Gasteiger charge is 2.25. The molecule has 0 saturated carbocycles. The molecule has 23 heavy (non-hydrogen) atoms. The van der Waals surface area contributed by atoms with Crippen LogP contribution in [0.5, 0.6) is 0 Å². The lowest BCUT2D eigenvalue weighted by molar-refractivity contribution is -0.0715. The maximum Gasteiger partial charge on any atom is 0.327 e. The first kappa shape index (κ1) is 17.4. The van der Waals surface area contributed by atoms with Crippen LogP contribution in [0.2, 0.25) is 0 Å². The molecule has 0 aliphatic carbocycles. The zero-order valence-corrected chi connectivity index (χ0v) is 12.2.